The number of aliphatic hydroxyl groups excluding tert-OH is 1. The molecule has 1 atom stereocenters. The molecule has 0 saturated carbocycles. The van der Waals surface area contributed by atoms with Crippen molar-refractivity contribution in [2.75, 3.05) is 25.2 Å². The third-order valence-electron chi connectivity index (χ3n) is 5.18. The van der Waals surface area contributed by atoms with Gasteiger partial charge in [0.15, 0.2) is 0 Å². The van der Waals surface area contributed by atoms with Crippen molar-refractivity contribution < 1.29 is 19.4 Å². The third kappa shape index (κ3) is 4.13. The summed E-state index contributed by atoms with van der Waals surface area (Å²) in [5.41, 5.74) is 1.24. The van der Waals surface area contributed by atoms with Gasteiger partial charge in [0.1, 0.15) is 18.1 Å². The van der Waals surface area contributed by atoms with Crippen molar-refractivity contribution in [1.29, 1.82) is 0 Å². The number of piperidine rings is 1. The number of anilines is 1. The number of aliphatic hydroxyl groups is 1. The Morgan fingerprint density at radius 1 is 1.20 bits per heavy atom. The Balaban J connectivity index is 1.47. The predicted octanol–water partition coefficient (Wildman–Crippen LogP) is 1.97. The highest BCUT2D eigenvalue weighted by molar-refractivity contribution is 5.94. The molecular formula is C22H23N3O5. The van der Waals surface area contributed by atoms with E-state index in [1.807, 2.05) is 18.2 Å². The molecular weight excluding hydrogens is 386 g/mol. The number of carbonyl (C=O) groups excluding carboxylic acids is 1. The molecule has 1 fully saturated rings. The SMILES string of the molecule is COc1ccc2c(OCCn3cc(N4CCC(O)CC4=O)ccc3=O)ccnc2c1. The van der Waals surface area contributed by atoms with E-state index in [1.54, 1.807) is 36.5 Å². The highest BCUT2D eigenvalue weighted by Gasteiger charge is 2.25. The van der Waals surface area contributed by atoms with Crippen LogP contribution in [0.5, 0.6) is 11.5 Å². The molecule has 1 aromatic carbocycles. The van der Waals surface area contributed by atoms with Crippen LogP contribution in [0.1, 0.15) is 12.8 Å². The lowest BCUT2D eigenvalue weighted by Gasteiger charge is -2.29. The first kappa shape index (κ1) is 19.9. The summed E-state index contributed by atoms with van der Waals surface area (Å²) < 4.78 is 12.7. The minimum absolute atomic E-state index is 0.0993. The summed E-state index contributed by atoms with van der Waals surface area (Å²) in [5.74, 6) is 1.25. The molecule has 1 saturated heterocycles. The number of carbonyl (C=O) groups is 1. The van der Waals surface area contributed by atoms with Gasteiger partial charge >= 0.3 is 0 Å². The quantitative estimate of drug-likeness (QED) is 0.669. The van der Waals surface area contributed by atoms with Crippen molar-refractivity contribution in [2.45, 2.75) is 25.5 Å². The molecule has 1 amide bonds. The Morgan fingerprint density at radius 3 is 2.87 bits per heavy atom. The minimum atomic E-state index is -0.594. The summed E-state index contributed by atoms with van der Waals surface area (Å²) in [6.45, 7) is 1.04. The molecule has 3 aromatic rings. The molecule has 0 radical (unpaired) electrons. The van der Waals surface area contributed by atoms with Crippen molar-refractivity contribution in [3.8, 4) is 11.5 Å². The fourth-order valence-corrected chi connectivity index (χ4v) is 3.55. The van der Waals surface area contributed by atoms with Crippen LogP contribution in [-0.4, -0.2) is 46.9 Å². The van der Waals surface area contributed by atoms with Crippen LogP contribution in [0, 0.1) is 0 Å². The molecule has 3 heterocycles. The van der Waals surface area contributed by atoms with Crippen LogP contribution < -0.4 is 19.9 Å². The first-order valence-electron chi connectivity index (χ1n) is 9.79. The molecule has 2 aromatic heterocycles. The second-order valence-corrected chi connectivity index (χ2v) is 7.15. The zero-order chi connectivity index (χ0) is 21.1. The monoisotopic (exact) mass is 409 g/mol. The zero-order valence-corrected chi connectivity index (χ0v) is 16.7. The number of hydrogen-bond acceptors (Lipinski definition) is 6. The Kier molecular flexibility index (Phi) is 5.67. The van der Waals surface area contributed by atoms with Crippen LogP contribution in [0.15, 0.2) is 53.6 Å². The molecule has 1 aliphatic heterocycles. The summed E-state index contributed by atoms with van der Waals surface area (Å²) in [7, 11) is 1.60. The van der Waals surface area contributed by atoms with Gasteiger partial charge < -0.3 is 24.0 Å². The lowest BCUT2D eigenvalue weighted by molar-refractivity contribution is -0.122. The molecule has 0 aliphatic carbocycles. The first-order valence-corrected chi connectivity index (χ1v) is 9.79. The van der Waals surface area contributed by atoms with E-state index in [1.165, 1.54) is 10.6 Å². The Labute approximate surface area is 173 Å². The summed E-state index contributed by atoms with van der Waals surface area (Å²) >= 11 is 0. The van der Waals surface area contributed by atoms with Crippen LogP contribution in [0.3, 0.4) is 0 Å². The van der Waals surface area contributed by atoms with Gasteiger partial charge in [0, 0.05) is 36.5 Å². The molecule has 156 valence electrons. The summed E-state index contributed by atoms with van der Waals surface area (Å²) in [5, 5.41) is 10.5. The second kappa shape index (κ2) is 8.54. The van der Waals surface area contributed by atoms with Gasteiger partial charge in [0.2, 0.25) is 5.91 Å². The van der Waals surface area contributed by atoms with Crippen molar-refractivity contribution in [3.63, 3.8) is 0 Å². The highest BCUT2D eigenvalue weighted by Crippen LogP contribution is 2.27. The van der Waals surface area contributed by atoms with Gasteiger partial charge in [0.05, 0.1) is 37.4 Å². The fraction of sp³-hybridized carbons (Fsp3) is 0.318. The summed E-state index contributed by atoms with van der Waals surface area (Å²) in [6, 6.07) is 10.4. The van der Waals surface area contributed by atoms with Gasteiger partial charge in [-0.3, -0.25) is 14.6 Å². The van der Waals surface area contributed by atoms with Crippen LogP contribution in [0.4, 0.5) is 5.69 Å². The summed E-state index contributed by atoms with van der Waals surface area (Å²) in [6.07, 6.45) is 3.36. The average molecular weight is 409 g/mol. The topological polar surface area (TPSA) is 93.9 Å². The Bertz CT molecular complexity index is 1130. The number of nitrogens with zero attached hydrogens (tertiary/aromatic N) is 3. The molecule has 8 nitrogen and oxygen atoms in total. The van der Waals surface area contributed by atoms with Gasteiger partial charge in [-0.2, -0.15) is 0 Å². The number of aromatic nitrogens is 2. The zero-order valence-electron chi connectivity index (χ0n) is 16.7. The molecule has 1 N–H and O–H groups in total. The van der Waals surface area contributed by atoms with Crippen molar-refractivity contribution in [1.82, 2.24) is 9.55 Å². The van der Waals surface area contributed by atoms with Gasteiger partial charge in [-0.1, -0.05) is 0 Å². The number of ether oxygens (including phenoxy) is 2. The lowest BCUT2D eigenvalue weighted by Crippen LogP contribution is -2.41. The largest absolute Gasteiger partial charge is 0.497 e. The number of hydrogen-bond donors (Lipinski definition) is 1. The van der Waals surface area contributed by atoms with E-state index in [-0.39, 0.29) is 24.5 Å². The second-order valence-electron chi connectivity index (χ2n) is 7.15. The smallest absolute Gasteiger partial charge is 0.250 e. The predicted molar refractivity (Wildman–Crippen MR) is 112 cm³/mol. The minimum Gasteiger partial charge on any atom is -0.497 e. The normalized spacial score (nSPS) is 16.7. The number of methoxy groups -OCH3 is 1. The standard InChI is InChI=1S/C22H23N3O5/c1-29-17-3-4-18-19(13-17)23-8-6-20(18)30-11-10-24-14-15(2-5-21(24)27)25-9-7-16(26)12-22(25)28/h2-6,8,13-14,16,26H,7,9-12H2,1H3. The molecule has 4 rings (SSSR count). The fourth-order valence-electron chi connectivity index (χ4n) is 3.55. The number of amides is 1. The van der Waals surface area contributed by atoms with Crippen LogP contribution >= 0.6 is 0 Å². The van der Waals surface area contributed by atoms with Crippen molar-refractivity contribution in [2.24, 2.45) is 0 Å². The third-order valence-corrected chi connectivity index (χ3v) is 5.18. The van der Waals surface area contributed by atoms with E-state index in [9.17, 15) is 14.7 Å². The van der Waals surface area contributed by atoms with E-state index < -0.39 is 6.10 Å². The van der Waals surface area contributed by atoms with E-state index in [2.05, 4.69) is 4.98 Å². The maximum atomic E-state index is 12.3. The maximum absolute atomic E-state index is 12.3. The number of pyridine rings is 2. The molecule has 0 spiro atoms. The van der Waals surface area contributed by atoms with E-state index in [4.69, 9.17) is 9.47 Å². The maximum Gasteiger partial charge on any atom is 0.250 e. The van der Waals surface area contributed by atoms with Gasteiger partial charge in [-0.15, -0.1) is 0 Å². The van der Waals surface area contributed by atoms with Crippen LogP contribution in [0.2, 0.25) is 0 Å². The molecule has 0 bridgehead atoms. The number of fused-ring (bicyclic) bond motifs is 1. The number of benzene rings is 1. The first-order chi connectivity index (χ1) is 14.5. The molecule has 1 unspecified atom stereocenters. The number of rotatable bonds is 6. The lowest BCUT2D eigenvalue weighted by atomic mass is 10.1. The van der Waals surface area contributed by atoms with Gasteiger partial charge in [-0.25, -0.2) is 0 Å². The molecule has 8 heteroatoms. The van der Waals surface area contributed by atoms with Crippen LogP contribution in [-0.2, 0) is 11.3 Å². The molecule has 30 heavy (non-hydrogen) atoms. The van der Waals surface area contributed by atoms with Crippen molar-refractivity contribution >= 4 is 22.5 Å². The Hall–Kier alpha value is -3.39. The van der Waals surface area contributed by atoms with Gasteiger partial charge in [0.25, 0.3) is 5.56 Å². The summed E-state index contributed by atoms with van der Waals surface area (Å²) in [4.78, 5) is 30.4. The average Bonchev–Trinajstić information content (AvgIpc) is 2.75. The Morgan fingerprint density at radius 2 is 2.07 bits per heavy atom. The highest BCUT2D eigenvalue weighted by atomic mass is 16.5. The van der Waals surface area contributed by atoms with E-state index in [0.717, 1.165) is 16.7 Å². The van der Waals surface area contributed by atoms with Gasteiger partial charge in [-0.05, 0) is 30.7 Å². The van der Waals surface area contributed by atoms with E-state index in [0.29, 0.717) is 30.9 Å². The molecule has 1 aliphatic rings. The van der Waals surface area contributed by atoms with E-state index >= 15 is 0 Å². The van der Waals surface area contributed by atoms with Crippen molar-refractivity contribution in [3.05, 3.63) is 59.1 Å². The van der Waals surface area contributed by atoms with Crippen LogP contribution in [0.25, 0.3) is 10.9 Å².